The van der Waals surface area contributed by atoms with E-state index in [1.807, 2.05) is 0 Å². The third-order valence-electron chi connectivity index (χ3n) is 8.00. The SMILES string of the molecule is FC(F)(F)C(F)(F)C(F)(F)[P-](F)(F)(F)(C(F)(F)C(F)(F)C(F)(F)F)C(F)(F)C(F)(F)C(F)(F)F.c1ccc(Sc2ccc([S+](c3ccccc3)c3ccccc3)cc2)cc1. The second kappa shape index (κ2) is 15.3. The Kier molecular flexibility index (Phi) is 12.9. The van der Waals surface area contributed by atoms with Crippen molar-refractivity contribution in [1.82, 2.24) is 0 Å². The maximum absolute atomic E-state index is 16.4. The van der Waals surface area contributed by atoms with Gasteiger partial charge in [0.15, 0.2) is 14.7 Å². The molecule has 0 bridgehead atoms. The topological polar surface area (TPSA) is 0 Å². The van der Waals surface area contributed by atoms with Crippen molar-refractivity contribution in [3.63, 3.8) is 0 Å². The van der Waals surface area contributed by atoms with Gasteiger partial charge in [-0.1, -0.05) is 66.4 Å². The smallest absolute Gasteiger partial charge is 0.0901 e. The second-order valence-electron chi connectivity index (χ2n) is 11.9. The molecule has 0 aliphatic carbocycles. The molecule has 4 rings (SSSR count). The zero-order valence-electron chi connectivity index (χ0n) is 28.3. The molecule has 0 atom stereocenters. The molecule has 0 unspecified atom stereocenters. The molecule has 0 saturated heterocycles. The van der Waals surface area contributed by atoms with Crippen LogP contribution >= 0.6 is 18.6 Å². The van der Waals surface area contributed by atoms with E-state index in [9.17, 15) is 105 Å². The Morgan fingerprint density at radius 2 is 0.550 bits per heavy atom. The molecule has 0 nitrogen and oxygen atoms in total. The van der Waals surface area contributed by atoms with Crippen molar-refractivity contribution in [1.29, 1.82) is 0 Å². The zero-order chi connectivity index (χ0) is 46.5. The van der Waals surface area contributed by atoms with Crippen LogP contribution < -0.4 is 0 Å². The van der Waals surface area contributed by atoms with Crippen LogP contribution in [0.4, 0.5) is 105 Å². The Balaban J connectivity index is 0.000000329. The first-order valence-electron chi connectivity index (χ1n) is 15.2. The monoisotopic (exact) mass is 966 g/mol. The van der Waals surface area contributed by atoms with E-state index < -0.39 is 60.2 Å². The molecule has 0 amide bonds. The predicted octanol–water partition coefficient (Wildman–Crippen LogP) is 16.0. The molecule has 0 radical (unpaired) electrons. The molecule has 0 spiro atoms. The summed E-state index contributed by atoms with van der Waals surface area (Å²) in [6.07, 6.45) is -26.6. The molecular weight excluding hydrogens is 947 g/mol. The molecule has 0 heterocycles. The zero-order valence-corrected chi connectivity index (χ0v) is 30.8. The normalized spacial score (nSPS) is 15.5. The molecule has 4 aromatic rings. The van der Waals surface area contributed by atoms with Crippen LogP contribution in [0.3, 0.4) is 0 Å². The molecule has 0 N–H and O–H groups in total. The molecule has 336 valence electrons. The fraction of sp³-hybridized carbons (Fsp3) is 0.273. The van der Waals surface area contributed by atoms with Gasteiger partial charge in [0, 0.05) is 9.79 Å². The van der Waals surface area contributed by atoms with E-state index in [1.54, 1.807) is 11.8 Å². The maximum Gasteiger partial charge on any atom is 0.166 e. The van der Waals surface area contributed by atoms with Gasteiger partial charge in [-0.25, -0.2) is 0 Å². The Labute approximate surface area is 327 Å². The number of halogens is 24. The van der Waals surface area contributed by atoms with Gasteiger partial charge >= 0.3 is 165 Å². The fourth-order valence-corrected chi connectivity index (χ4v) is 10.9. The largest absolute Gasteiger partial charge is 0.166 e. The van der Waals surface area contributed by atoms with Gasteiger partial charge < -0.3 is 0 Å². The number of rotatable bonds is 11. The first kappa shape index (κ1) is 50.7. The van der Waals surface area contributed by atoms with Gasteiger partial charge in [-0.15, -0.1) is 0 Å². The van der Waals surface area contributed by atoms with E-state index in [0.717, 1.165) is 0 Å². The minimum Gasteiger partial charge on any atom is -0.0901 e. The van der Waals surface area contributed by atoms with E-state index in [0.29, 0.717) is 0 Å². The van der Waals surface area contributed by atoms with Gasteiger partial charge in [0.2, 0.25) is 0 Å². The maximum atomic E-state index is 14.2. The molecule has 0 saturated carbocycles. The molecule has 0 aliphatic rings. The average Bonchev–Trinajstić information content (AvgIpc) is 3.12. The van der Waals surface area contributed by atoms with E-state index in [-0.39, 0.29) is 10.9 Å². The molecule has 0 fully saturated rings. The summed E-state index contributed by atoms with van der Waals surface area (Å²) in [4.78, 5) is 6.58. The predicted molar refractivity (Wildman–Crippen MR) is 170 cm³/mol. The molecule has 27 heteroatoms. The van der Waals surface area contributed by atoms with Crippen molar-refractivity contribution >= 4 is 29.5 Å². The summed E-state index contributed by atoms with van der Waals surface area (Å²) >= 11 is 1.80. The van der Waals surface area contributed by atoms with Crippen LogP contribution in [-0.2, 0) is 10.9 Å². The van der Waals surface area contributed by atoms with Crippen molar-refractivity contribution in [2.75, 3.05) is 0 Å². The van der Waals surface area contributed by atoms with Gasteiger partial charge in [0.05, 0.1) is 10.9 Å². The third kappa shape index (κ3) is 7.32. The van der Waals surface area contributed by atoms with Crippen LogP contribution in [-0.4, -0.2) is 53.3 Å². The summed E-state index contributed by atoms with van der Waals surface area (Å²) in [6.45, 7) is -16.4. The van der Waals surface area contributed by atoms with Gasteiger partial charge in [-0.05, 0) is 60.7 Å². The standard InChI is InChI=1S/C24H19S2.C9F24P/c1-4-10-20(11-5-1)25-21-16-18-24(19-17-21)26(22-12-6-2-7-13-22)23-14-8-3-9-15-23;10-1(11,4(16,17)18)7(25,26)34(31,32,33,8(27,28)2(12,13)5(19,20)21)9(29,30)3(14,15)6(22,23)24/h1-19H;/q+1;-1. The average molecular weight is 967 g/mol. The summed E-state index contributed by atoms with van der Waals surface area (Å²) in [5.41, 5.74) is -32.6. The number of hydrogen-bond donors (Lipinski definition) is 0. The van der Waals surface area contributed by atoms with Crippen molar-refractivity contribution in [2.24, 2.45) is 0 Å². The van der Waals surface area contributed by atoms with Crippen LogP contribution in [0.5, 0.6) is 0 Å². The van der Waals surface area contributed by atoms with Gasteiger partial charge in [-0.3, -0.25) is 0 Å². The molecule has 60 heavy (non-hydrogen) atoms. The Morgan fingerprint density at radius 3 is 0.817 bits per heavy atom. The first-order valence-corrected chi connectivity index (χ1v) is 19.6. The van der Waals surface area contributed by atoms with Crippen LogP contribution in [0.15, 0.2) is 140 Å². The van der Waals surface area contributed by atoms with Gasteiger partial charge in [-0.2, -0.15) is 0 Å². The Bertz CT molecular complexity index is 1930. The van der Waals surface area contributed by atoms with Crippen LogP contribution in [0, 0.1) is 0 Å². The summed E-state index contributed by atoms with van der Waals surface area (Å²) in [7, 11) is -0.0786. The Morgan fingerprint density at radius 1 is 0.317 bits per heavy atom. The van der Waals surface area contributed by atoms with E-state index in [4.69, 9.17) is 0 Å². The molecular formula is C33H19F24PS2. The Hall–Kier alpha value is -3.67. The van der Waals surface area contributed by atoms with Crippen LogP contribution in [0.25, 0.3) is 0 Å². The second-order valence-corrected chi connectivity index (χ2v) is 19.4. The van der Waals surface area contributed by atoms with Crippen LogP contribution in [0.1, 0.15) is 0 Å². The summed E-state index contributed by atoms with van der Waals surface area (Å²) in [5.74, 6) is -29.2. The van der Waals surface area contributed by atoms with Crippen molar-refractivity contribution in [3.8, 4) is 0 Å². The molecule has 0 aliphatic heterocycles. The fourth-order valence-electron chi connectivity index (χ4n) is 4.73. The van der Waals surface area contributed by atoms with E-state index in [2.05, 4.69) is 115 Å². The van der Waals surface area contributed by atoms with E-state index in [1.165, 1.54) is 24.5 Å². The van der Waals surface area contributed by atoms with Crippen molar-refractivity contribution < 1.29 is 105 Å². The summed E-state index contributed by atoms with van der Waals surface area (Å²) < 4.78 is 308. The first-order chi connectivity index (χ1) is 26.7. The van der Waals surface area contributed by atoms with Crippen molar-refractivity contribution in [3.05, 3.63) is 115 Å². The number of alkyl halides is 21. The summed E-state index contributed by atoms with van der Waals surface area (Å²) in [5, 5.41) is 0. The van der Waals surface area contributed by atoms with Gasteiger partial charge in [0.1, 0.15) is 0 Å². The van der Waals surface area contributed by atoms with E-state index >= 15 is 0 Å². The minimum absolute atomic E-state index is 0.0786. The molecule has 4 aromatic carbocycles. The molecule has 0 aromatic heterocycles. The van der Waals surface area contributed by atoms with Gasteiger partial charge in [0.25, 0.3) is 0 Å². The minimum atomic E-state index is -16.4. The third-order valence-corrected chi connectivity index (χ3v) is 15.7. The van der Waals surface area contributed by atoms with Crippen molar-refractivity contribution in [2.45, 2.75) is 77.8 Å². The van der Waals surface area contributed by atoms with Crippen LogP contribution in [0.2, 0.25) is 0 Å². The number of hydrogen-bond acceptors (Lipinski definition) is 1. The summed E-state index contributed by atoms with van der Waals surface area (Å²) in [6, 6.07) is 41.1. The quantitative estimate of drug-likeness (QED) is 0.0820. The number of benzene rings is 4.